The fourth-order valence-corrected chi connectivity index (χ4v) is 1.72. The molecule has 0 aliphatic carbocycles. The summed E-state index contributed by atoms with van der Waals surface area (Å²) in [5.74, 6) is -3.16. The van der Waals surface area contributed by atoms with Gasteiger partial charge in [0, 0.05) is 12.6 Å². The van der Waals surface area contributed by atoms with Crippen LogP contribution >= 0.6 is 0 Å². The Bertz CT molecular complexity index is 537. The van der Waals surface area contributed by atoms with Crippen LogP contribution in [-0.4, -0.2) is 48.8 Å². The molecule has 0 unspecified atom stereocenters. The number of nitrogens with zero attached hydrogens (tertiary/aromatic N) is 1. The highest BCUT2D eigenvalue weighted by Gasteiger charge is 2.43. The van der Waals surface area contributed by atoms with Gasteiger partial charge >= 0.3 is 18.1 Å². The molecule has 0 heterocycles. The number of alkyl halides is 3. The molecular weight excluding hydrogens is 307 g/mol. The zero-order valence-corrected chi connectivity index (χ0v) is 11.8. The molecule has 9 heteroatoms. The Labute approximate surface area is 124 Å². The normalized spacial score (nSPS) is 11.0. The number of hydrogen-bond donors (Lipinski definition) is 1. The third-order valence-corrected chi connectivity index (χ3v) is 2.64. The SMILES string of the molecule is COc1cc(CN(CC(=O)O)C(=O)C(F)(F)F)cc(OC)c1. The van der Waals surface area contributed by atoms with Crippen molar-refractivity contribution in [3.63, 3.8) is 0 Å². The molecule has 0 saturated heterocycles. The lowest BCUT2D eigenvalue weighted by atomic mass is 10.2. The molecule has 1 N–H and O–H groups in total. The van der Waals surface area contributed by atoms with Crippen molar-refractivity contribution in [2.45, 2.75) is 12.7 Å². The standard InChI is InChI=1S/C13H14F3NO5/c1-21-9-3-8(4-10(5-9)22-2)6-17(7-11(18)19)12(20)13(14,15)16/h3-5H,6-7H2,1-2H3,(H,18,19). The van der Waals surface area contributed by atoms with Gasteiger partial charge in [0.15, 0.2) is 0 Å². The van der Waals surface area contributed by atoms with Gasteiger partial charge in [-0.15, -0.1) is 0 Å². The van der Waals surface area contributed by atoms with Gasteiger partial charge in [0.2, 0.25) is 0 Å². The van der Waals surface area contributed by atoms with E-state index in [1.165, 1.54) is 32.4 Å². The molecule has 1 aromatic rings. The maximum Gasteiger partial charge on any atom is 0.471 e. The van der Waals surface area contributed by atoms with Gasteiger partial charge in [0.1, 0.15) is 18.0 Å². The van der Waals surface area contributed by atoms with Crippen molar-refractivity contribution >= 4 is 11.9 Å². The smallest absolute Gasteiger partial charge is 0.471 e. The predicted molar refractivity (Wildman–Crippen MR) is 68.7 cm³/mol. The minimum atomic E-state index is -5.15. The molecule has 0 bridgehead atoms. The molecule has 1 aromatic carbocycles. The number of hydrogen-bond acceptors (Lipinski definition) is 4. The molecule has 122 valence electrons. The molecule has 1 amide bonds. The predicted octanol–water partition coefficient (Wildman–Crippen LogP) is 1.68. The topological polar surface area (TPSA) is 76.1 Å². The van der Waals surface area contributed by atoms with E-state index < -0.39 is 31.1 Å². The number of benzene rings is 1. The summed E-state index contributed by atoms with van der Waals surface area (Å²) in [6.45, 7) is -1.62. The lowest BCUT2D eigenvalue weighted by Gasteiger charge is -2.22. The van der Waals surface area contributed by atoms with E-state index in [4.69, 9.17) is 14.6 Å². The van der Waals surface area contributed by atoms with Crippen LogP contribution < -0.4 is 9.47 Å². The molecule has 1 rings (SSSR count). The Morgan fingerprint density at radius 3 is 2.00 bits per heavy atom. The van der Waals surface area contributed by atoms with Crippen molar-refractivity contribution in [2.75, 3.05) is 20.8 Å². The number of rotatable bonds is 6. The maximum atomic E-state index is 12.5. The summed E-state index contributed by atoms with van der Waals surface area (Å²) in [6.07, 6.45) is -5.15. The van der Waals surface area contributed by atoms with Gasteiger partial charge < -0.3 is 19.5 Å². The van der Waals surface area contributed by atoms with Crippen LogP contribution in [0.4, 0.5) is 13.2 Å². The molecule has 0 atom stereocenters. The van der Waals surface area contributed by atoms with Crippen LogP contribution in [0.2, 0.25) is 0 Å². The van der Waals surface area contributed by atoms with Crippen LogP contribution in [0.3, 0.4) is 0 Å². The van der Waals surface area contributed by atoms with Gasteiger partial charge in [-0.05, 0) is 17.7 Å². The van der Waals surface area contributed by atoms with E-state index in [9.17, 15) is 22.8 Å². The molecule has 6 nitrogen and oxygen atoms in total. The van der Waals surface area contributed by atoms with Crippen LogP contribution in [0.15, 0.2) is 18.2 Å². The third-order valence-electron chi connectivity index (χ3n) is 2.64. The minimum Gasteiger partial charge on any atom is -0.497 e. The van der Waals surface area contributed by atoms with Crippen molar-refractivity contribution in [1.82, 2.24) is 4.90 Å². The van der Waals surface area contributed by atoms with Crippen LogP contribution in [-0.2, 0) is 16.1 Å². The van der Waals surface area contributed by atoms with E-state index in [1.54, 1.807) is 0 Å². The van der Waals surface area contributed by atoms with E-state index >= 15 is 0 Å². The van der Waals surface area contributed by atoms with E-state index in [0.717, 1.165) is 0 Å². The first-order chi connectivity index (χ1) is 10.2. The number of ether oxygens (including phenoxy) is 2. The van der Waals surface area contributed by atoms with Crippen LogP contribution in [0.5, 0.6) is 11.5 Å². The van der Waals surface area contributed by atoms with Crippen molar-refractivity contribution < 1.29 is 37.3 Å². The molecule has 0 radical (unpaired) electrons. The number of carboxylic acid groups (broad SMARTS) is 1. The van der Waals surface area contributed by atoms with E-state index in [1.807, 2.05) is 0 Å². The van der Waals surface area contributed by atoms with Crippen molar-refractivity contribution in [3.8, 4) is 11.5 Å². The van der Waals surface area contributed by atoms with Crippen LogP contribution in [0, 0.1) is 0 Å². The second-order valence-electron chi connectivity index (χ2n) is 4.27. The number of amides is 1. The van der Waals surface area contributed by atoms with Gasteiger partial charge in [0.25, 0.3) is 0 Å². The Kier molecular flexibility index (Phi) is 5.61. The first-order valence-corrected chi connectivity index (χ1v) is 5.97. The van der Waals surface area contributed by atoms with Crippen LogP contribution in [0.1, 0.15) is 5.56 Å². The summed E-state index contributed by atoms with van der Waals surface area (Å²) in [5.41, 5.74) is 0.245. The summed E-state index contributed by atoms with van der Waals surface area (Å²) in [4.78, 5) is 22.1. The Hall–Kier alpha value is -2.45. The Morgan fingerprint density at radius 2 is 1.64 bits per heavy atom. The summed E-state index contributed by atoms with van der Waals surface area (Å²) in [5, 5.41) is 8.67. The highest BCUT2D eigenvalue weighted by molar-refractivity contribution is 5.85. The zero-order chi connectivity index (χ0) is 16.9. The summed E-state index contributed by atoms with van der Waals surface area (Å²) < 4.78 is 47.5. The Morgan fingerprint density at radius 1 is 1.14 bits per heavy atom. The summed E-state index contributed by atoms with van der Waals surface area (Å²) in [7, 11) is 2.71. The second kappa shape index (κ2) is 7.01. The van der Waals surface area contributed by atoms with Crippen molar-refractivity contribution in [2.24, 2.45) is 0 Å². The van der Waals surface area contributed by atoms with Gasteiger partial charge in [-0.2, -0.15) is 13.2 Å². The van der Waals surface area contributed by atoms with Gasteiger partial charge in [-0.3, -0.25) is 9.59 Å². The quantitative estimate of drug-likeness (QED) is 0.863. The number of carbonyl (C=O) groups is 2. The molecule has 0 spiro atoms. The molecule has 0 fully saturated rings. The fourth-order valence-electron chi connectivity index (χ4n) is 1.72. The van der Waals surface area contributed by atoms with Gasteiger partial charge in [0.05, 0.1) is 14.2 Å². The lowest BCUT2D eigenvalue weighted by molar-refractivity contribution is -0.187. The second-order valence-corrected chi connectivity index (χ2v) is 4.27. The number of aliphatic carboxylic acids is 1. The average Bonchev–Trinajstić information content (AvgIpc) is 2.43. The average molecular weight is 321 g/mol. The molecule has 0 saturated carbocycles. The summed E-state index contributed by atoms with van der Waals surface area (Å²) in [6, 6.07) is 4.28. The zero-order valence-electron chi connectivity index (χ0n) is 11.8. The largest absolute Gasteiger partial charge is 0.497 e. The number of carbonyl (C=O) groups excluding carboxylic acids is 1. The molecule has 0 aromatic heterocycles. The van der Waals surface area contributed by atoms with Crippen molar-refractivity contribution in [1.29, 1.82) is 0 Å². The molecule has 0 aliphatic rings. The highest BCUT2D eigenvalue weighted by Crippen LogP contribution is 2.25. The summed E-state index contributed by atoms with van der Waals surface area (Å²) >= 11 is 0. The monoisotopic (exact) mass is 321 g/mol. The van der Waals surface area contributed by atoms with E-state index in [-0.39, 0.29) is 10.5 Å². The highest BCUT2D eigenvalue weighted by atomic mass is 19.4. The maximum absolute atomic E-state index is 12.5. The third kappa shape index (κ3) is 4.83. The number of carboxylic acids is 1. The number of halogens is 3. The number of methoxy groups -OCH3 is 2. The van der Waals surface area contributed by atoms with Gasteiger partial charge in [-0.25, -0.2) is 0 Å². The molecule has 22 heavy (non-hydrogen) atoms. The lowest BCUT2D eigenvalue weighted by Crippen LogP contribution is -2.43. The van der Waals surface area contributed by atoms with E-state index in [2.05, 4.69) is 0 Å². The Balaban J connectivity index is 3.08. The molecular formula is C13H14F3NO5. The van der Waals surface area contributed by atoms with Gasteiger partial charge in [-0.1, -0.05) is 0 Å². The van der Waals surface area contributed by atoms with Crippen molar-refractivity contribution in [3.05, 3.63) is 23.8 Å². The molecule has 0 aliphatic heterocycles. The fraction of sp³-hybridized carbons (Fsp3) is 0.385. The van der Waals surface area contributed by atoms with E-state index in [0.29, 0.717) is 11.5 Å². The minimum absolute atomic E-state index is 0.191. The first kappa shape index (κ1) is 17.6. The van der Waals surface area contributed by atoms with Crippen LogP contribution in [0.25, 0.3) is 0 Å². The first-order valence-electron chi connectivity index (χ1n) is 5.97.